The van der Waals surface area contributed by atoms with Crippen molar-refractivity contribution in [2.75, 3.05) is 0 Å². The minimum Gasteiger partial charge on any atom is -0.275 e. The van der Waals surface area contributed by atoms with Gasteiger partial charge in [0.05, 0.1) is 0 Å². The number of hydrogen-bond acceptors (Lipinski definition) is 2. The van der Waals surface area contributed by atoms with Gasteiger partial charge in [0.2, 0.25) is 0 Å². The van der Waals surface area contributed by atoms with E-state index in [-0.39, 0.29) is 5.41 Å². The molecule has 1 heterocycles. The molecule has 282 valence electrons. The van der Waals surface area contributed by atoms with Crippen LogP contribution in [0.2, 0.25) is 0 Å². The van der Waals surface area contributed by atoms with Crippen LogP contribution in [0, 0.1) is 0 Å². The van der Waals surface area contributed by atoms with Crippen molar-refractivity contribution < 1.29 is 0 Å². The molecule has 0 amide bonds. The van der Waals surface area contributed by atoms with Gasteiger partial charge in [0, 0.05) is 22.2 Å². The van der Waals surface area contributed by atoms with Gasteiger partial charge in [0.25, 0.3) is 0 Å². The van der Waals surface area contributed by atoms with E-state index in [4.69, 9.17) is 10.2 Å². The second kappa shape index (κ2) is 13.2. The van der Waals surface area contributed by atoms with E-state index in [1.807, 2.05) is 24.3 Å². The van der Waals surface area contributed by atoms with Crippen molar-refractivity contribution in [2.24, 2.45) is 0 Å². The molecule has 60 heavy (non-hydrogen) atoms. The molecule has 0 unspecified atom stereocenters. The van der Waals surface area contributed by atoms with E-state index in [0.29, 0.717) is 0 Å². The first kappa shape index (κ1) is 34.4. The van der Waals surface area contributed by atoms with Gasteiger partial charge in [-0.05, 0) is 118 Å². The normalized spacial score (nSPS) is 13.0. The van der Waals surface area contributed by atoms with Gasteiger partial charge in [0.15, 0.2) is 11.6 Å². The third kappa shape index (κ3) is 5.09. The maximum atomic E-state index is 4.82. The molecular weight excluding hydrogens is 727 g/mol. The average molecular weight is 766 g/mol. The number of hydrogen-bond donors (Lipinski definition) is 0. The van der Waals surface area contributed by atoms with Crippen molar-refractivity contribution in [1.29, 1.82) is 0 Å². The van der Waals surface area contributed by atoms with Gasteiger partial charge in [0.1, 0.15) is 0 Å². The number of aromatic nitrogens is 3. The fourth-order valence-electron chi connectivity index (χ4n) is 10.1. The van der Waals surface area contributed by atoms with Gasteiger partial charge in [-0.3, -0.25) is 4.57 Å². The van der Waals surface area contributed by atoms with Crippen LogP contribution in [0.3, 0.4) is 0 Å². The molecule has 1 aliphatic carbocycles. The Balaban J connectivity index is 1.14. The van der Waals surface area contributed by atoms with Crippen LogP contribution < -0.4 is 0 Å². The first-order valence-electron chi connectivity index (χ1n) is 20.8. The van der Waals surface area contributed by atoms with Crippen molar-refractivity contribution in [3.8, 4) is 61.8 Å². The molecule has 1 aliphatic rings. The highest BCUT2D eigenvalue weighted by Crippen LogP contribution is 2.54. The molecule has 11 aromatic rings. The second-order valence-corrected chi connectivity index (χ2v) is 16.6. The number of para-hydroxylation sites is 1. The van der Waals surface area contributed by atoms with Gasteiger partial charge >= 0.3 is 0 Å². The molecule has 3 nitrogen and oxygen atoms in total. The van der Waals surface area contributed by atoms with Crippen molar-refractivity contribution >= 4 is 43.1 Å². The molecule has 0 radical (unpaired) electrons. The molecule has 3 heteroatoms. The van der Waals surface area contributed by atoms with Gasteiger partial charge in [-0.15, -0.1) is 10.2 Å². The maximum absolute atomic E-state index is 4.82. The topological polar surface area (TPSA) is 30.7 Å². The third-order valence-electron chi connectivity index (χ3n) is 12.9. The van der Waals surface area contributed by atoms with Crippen molar-refractivity contribution in [3.05, 3.63) is 211 Å². The fourth-order valence-corrected chi connectivity index (χ4v) is 10.1. The molecule has 0 aliphatic heterocycles. The van der Waals surface area contributed by atoms with Crippen LogP contribution in [0.15, 0.2) is 200 Å². The monoisotopic (exact) mass is 765 g/mol. The van der Waals surface area contributed by atoms with Crippen LogP contribution in [-0.2, 0) is 5.41 Å². The Labute approximate surface area is 348 Å². The second-order valence-electron chi connectivity index (χ2n) is 16.6. The quantitative estimate of drug-likeness (QED) is 0.129. The molecule has 0 fully saturated rings. The summed E-state index contributed by atoms with van der Waals surface area (Å²) in [7, 11) is 0. The number of benzene rings is 10. The number of nitrogens with zero attached hydrogens (tertiary/aromatic N) is 3. The smallest absolute Gasteiger partial charge is 0.168 e. The Kier molecular flexibility index (Phi) is 7.58. The summed E-state index contributed by atoms with van der Waals surface area (Å²) in [5.74, 6) is 1.61. The van der Waals surface area contributed by atoms with E-state index in [1.165, 1.54) is 82.0 Å². The predicted molar refractivity (Wildman–Crippen MR) is 251 cm³/mol. The van der Waals surface area contributed by atoms with E-state index in [0.717, 1.165) is 34.0 Å². The Bertz CT molecular complexity index is 3490. The minimum atomic E-state index is -0.149. The highest BCUT2D eigenvalue weighted by molar-refractivity contribution is 6.26. The fraction of sp³-hybridized carbons (Fsp3) is 0.0526. The molecule has 0 saturated carbocycles. The van der Waals surface area contributed by atoms with E-state index in [9.17, 15) is 0 Å². The molecule has 0 N–H and O–H groups in total. The molecule has 12 rings (SSSR count). The van der Waals surface area contributed by atoms with Crippen LogP contribution in [-0.4, -0.2) is 14.8 Å². The van der Waals surface area contributed by atoms with Gasteiger partial charge < -0.3 is 0 Å². The Hall–Kier alpha value is -7.62. The zero-order valence-corrected chi connectivity index (χ0v) is 33.4. The zero-order chi connectivity index (χ0) is 40.0. The van der Waals surface area contributed by atoms with Crippen LogP contribution in [0.4, 0.5) is 0 Å². The molecular formula is C57H39N3. The maximum Gasteiger partial charge on any atom is 0.168 e. The summed E-state index contributed by atoms with van der Waals surface area (Å²) in [6.45, 7) is 4.76. The third-order valence-corrected chi connectivity index (χ3v) is 12.9. The molecule has 0 spiro atoms. The van der Waals surface area contributed by atoms with Gasteiger partial charge in [-0.1, -0.05) is 184 Å². The van der Waals surface area contributed by atoms with Crippen LogP contribution in [0.1, 0.15) is 25.0 Å². The average Bonchev–Trinajstić information content (AvgIpc) is 3.85. The lowest BCUT2D eigenvalue weighted by Gasteiger charge is -2.24. The van der Waals surface area contributed by atoms with Crippen molar-refractivity contribution in [2.45, 2.75) is 19.3 Å². The largest absolute Gasteiger partial charge is 0.275 e. The highest BCUT2D eigenvalue weighted by atomic mass is 15.3. The Morgan fingerprint density at radius 1 is 0.350 bits per heavy atom. The van der Waals surface area contributed by atoms with Crippen LogP contribution >= 0.6 is 0 Å². The lowest BCUT2D eigenvalue weighted by Crippen LogP contribution is -2.14. The van der Waals surface area contributed by atoms with E-state index >= 15 is 0 Å². The number of rotatable bonds is 5. The lowest BCUT2D eigenvalue weighted by molar-refractivity contribution is 0.661. The van der Waals surface area contributed by atoms with Gasteiger partial charge in [-0.2, -0.15) is 0 Å². The van der Waals surface area contributed by atoms with Crippen molar-refractivity contribution in [3.63, 3.8) is 0 Å². The Morgan fingerprint density at radius 2 is 0.883 bits per heavy atom. The summed E-state index contributed by atoms with van der Waals surface area (Å²) >= 11 is 0. The van der Waals surface area contributed by atoms with Crippen LogP contribution in [0.25, 0.3) is 105 Å². The summed E-state index contributed by atoms with van der Waals surface area (Å²) in [6.07, 6.45) is 0. The van der Waals surface area contributed by atoms with Gasteiger partial charge in [-0.25, -0.2) is 0 Å². The molecule has 0 bridgehead atoms. The molecule has 1 aromatic heterocycles. The summed E-state index contributed by atoms with van der Waals surface area (Å²) < 4.78 is 2.17. The molecule has 0 saturated heterocycles. The molecule has 0 atom stereocenters. The number of fused-ring (bicyclic) bond motifs is 8. The van der Waals surface area contributed by atoms with E-state index in [2.05, 4.69) is 194 Å². The van der Waals surface area contributed by atoms with E-state index < -0.39 is 0 Å². The standard InChI is InChI=1S/C57H39N3/c1-57(2)51-28-16-15-25-44(51)47-34-49-50(35-52(47)57)54(48-33-39-19-9-10-22-41(39)42-23-11-12-24-43(42)48)46-27-14-13-26-45(46)53(49)36-29-31-38(32-30-36)56-59-58-55(37-17-5-3-6-18-37)60(56)40-20-7-4-8-21-40/h3-35H,1-2H3. The minimum absolute atomic E-state index is 0.149. The first-order valence-corrected chi connectivity index (χ1v) is 20.8. The summed E-state index contributed by atoms with van der Waals surface area (Å²) in [5.41, 5.74) is 13.2. The molecule has 10 aromatic carbocycles. The first-order chi connectivity index (χ1) is 29.5. The van der Waals surface area contributed by atoms with Crippen LogP contribution in [0.5, 0.6) is 0 Å². The predicted octanol–water partition coefficient (Wildman–Crippen LogP) is 14.9. The Morgan fingerprint density at radius 3 is 1.62 bits per heavy atom. The van der Waals surface area contributed by atoms with Crippen molar-refractivity contribution in [1.82, 2.24) is 14.8 Å². The SMILES string of the molecule is CC1(C)c2ccccc2-c2cc3c(-c4ccc(-c5nnc(-c6ccccc6)n5-c5ccccc5)cc4)c4ccccc4c(-c4cc5ccccc5c5ccccc45)c3cc21. The summed E-state index contributed by atoms with van der Waals surface area (Å²) in [6, 6.07) is 72.9. The summed E-state index contributed by atoms with van der Waals surface area (Å²) in [4.78, 5) is 0. The lowest BCUT2D eigenvalue weighted by atomic mass is 9.79. The zero-order valence-electron chi connectivity index (χ0n) is 33.4. The highest BCUT2D eigenvalue weighted by Gasteiger charge is 2.36. The summed E-state index contributed by atoms with van der Waals surface area (Å²) in [5, 5.41) is 19.6. The van der Waals surface area contributed by atoms with E-state index in [1.54, 1.807) is 0 Å².